The van der Waals surface area contributed by atoms with Gasteiger partial charge in [-0.3, -0.25) is 0 Å². The number of alkyl halides is 4. The second-order valence-electron chi connectivity index (χ2n) is 5.53. The number of hydrogen-bond acceptors (Lipinski definition) is 1. The Labute approximate surface area is 126 Å². The largest absolute Gasteiger partial charge is 0.416 e. The Morgan fingerprint density at radius 3 is 2.38 bits per heavy atom. The van der Waals surface area contributed by atoms with Crippen LogP contribution in [0.25, 0.3) is 0 Å². The quantitative estimate of drug-likeness (QED) is 0.585. The Morgan fingerprint density at radius 1 is 1.14 bits per heavy atom. The lowest BCUT2D eigenvalue weighted by Crippen LogP contribution is -2.27. The maximum Gasteiger partial charge on any atom is 0.416 e. The molecule has 1 aromatic carbocycles. The number of hydrogen-bond donors (Lipinski definition) is 1. The minimum atomic E-state index is -4.52. The smallest absolute Gasteiger partial charge is 0.382 e. The van der Waals surface area contributed by atoms with Crippen LogP contribution in [0.1, 0.15) is 31.2 Å². The average molecular weight is 324 g/mol. The molecule has 0 spiro atoms. The Morgan fingerprint density at radius 2 is 1.81 bits per heavy atom. The highest BCUT2D eigenvalue weighted by Gasteiger charge is 2.31. The highest BCUT2D eigenvalue weighted by atomic mass is 35.5. The van der Waals surface area contributed by atoms with Crippen molar-refractivity contribution in [2.24, 2.45) is 11.8 Å². The molecule has 0 aliphatic heterocycles. The van der Waals surface area contributed by atoms with Crippen molar-refractivity contribution in [3.63, 3.8) is 0 Å². The van der Waals surface area contributed by atoms with Crippen LogP contribution in [-0.4, -0.2) is 12.4 Å². The normalized spacial score (nSPS) is 23.1. The van der Waals surface area contributed by atoms with Gasteiger partial charge in [0.2, 0.25) is 0 Å². The van der Waals surface area contributed by atoms with Crippen LogP contribution in [0.15, 0.2) is 18.2 Å². The molecule has 118 valence electrons. The molecule has 1 nitrogen and oxygen atoms in total. The molecular weight excluding hydrogens is 306 g/mol. The summed E-state index contributed by atoms with van der Waals surface area (Å²) in [4.78, 5) is 0. The van der Waals surface area contributed by atoms with Gasteiger partial charge >= 0.3 is 6.18 Å². The molecule has 1 N–H and O–H groups in total. The summed E-state index contributed by atoms with van der Waals surface area (Å²) in [6.45, 7) is 0.541. The minimum Gasteiger partial charge on any atom is -0.382 e. The van der Waals surface area contributed by atoms with E-state index in [0.717, 1.165) is 37.8 Å². The predicted molar refractivity (Wildman–Crippen MR) is 76.1 cm³/mol. The molecule has 2 atom stereocenters. The molecular formula is C15H18ClF4N. The average Bonchev–Trinajstić information content (AvgIpc) is 2.45. The molecule has 2 rings (SSSR count). The summed E-state index contributed by atoms with van der Waals surface area (Å²) in [5.74, 6) is 0.438. The van der Waals surface area contributed by atoms with E-state index in [0.29, 0.717) is 30.3 Å². The fourth-order valence-electron chi connectivity index (χ4n) is 2.83. The summed E-state index contributed by atoms with van der Waals surface area (Å²) in [7, 11) is 0. The zero-order valence-corrected chi connectivity index (χ0v) is 12.3. The fourth-order valence-corrected chi connectivity index (χ4v) is 3.24. The van der Waals surface area contributed by atoms with Crippen molar-refractivity contribution in [3.8, 4) is 0 Å². The van der Waals surface area contributed by atoms with Gasteiger partial charge in [0.25, 0.3) is 0 Å². The molecule has 6 heteroatoms. The van der Waals surface area contributed by atoms with E-state index in [2.05, 4.69) is 5.32 Å². The molecule has 1 fully saturated rings. The third-order valence-corrected chi connectivity index (χ3v) is 4.51. The van der Waals surface area contributed by atoms with Crippen molar-refractivity contribution in [3.05, 3.63) is 29.6 Å². The minimum absolute atomic E-state index is 0.113. The van der Waals surface area contributed by atoms with Crippen LogP contribution in [0.4, 0.5) is 23.2 Å². The standard InChI is InChI=1S/C15H18ClF4N/c16-8-10-3-1-2-4-11(10)9-21-14-6-5-12(7-13(14)17)15(18,19)20/h5-7,10-11,21H,1-4,8-9H2. The van der Waals surface area contributed by atoms with Crippen molar-refractivity contribution in [2.75, 3.05) is 17.7 Å². The van der Waals surface area contributed by atoms with E-state index in [-0.39, 0.29) is 5.69 Å². The van der Waals surface area contributed by atoms with E-state index < -0.39 is 17.6 Å². The van der Waals surface area contributed by atoms with Crippen LogP contribution >= 0.6 is 11.6 Å². The van der Waals surface area contributed by atoms with Crippen molar-refractivity contribution >= 4 is 17.3 Å². The molecule has 1 aromatic rings. The molecule has 0 amide bonds. The first-order chi connectivity index (χ1) is 9.91. The topological polar surface area (TPSA) is 12.0 Å². The molecule has 0 heterocycles. The Bertz CT molecular complexity index is 475. The summed E-state index contributed by atoms with van der Waals surface area (Å²) in [5, 5.41) is 2.92. The molecule has 0 saturated heterocycles. The van der Waals surface area contributed by atoms with Crippen LogP contribution < -0.4 is 5.32 Å². The first kappa shape index (κ1) is 16.4. The fraction of sp³-hybridized carbons (Fsp3) is 0.600. The highest BCUT2D eigenvalue weighted by molar-refractivity contribution is 6.18. The van der Waals surface area contributed by atoms with E-state index >= 15 is 0 Å². The second kappa shape index (κ2) is 6.86. The van der Waals surface area contributed by atoms with E-state index in [9.17, 15) is 17.6 Å². The van der Waals surface area contributed by atoms with Gasteiger partial charge in [0.1, 0.15) is 5.82 Å². The van der Waals surface area contributed by atoms with E-state index in [1.54, 1.807) is 0 Å². The van der Waals surface area contributed by atoms with E-state index in [1.807, 2.05) is 0 Å². The third-order valence-electron chi connectivity index (χ3n) is 4.12. The van der Waals surface area contributed by atoms with Gasteiger partial charge < -0.3 is 5.32 Å². The van der Waals surface area contributed by atoms with Crippen molar-refractivity contribution < 1.29 is 17.6 Å². The summed E-state index contributed by atoms with van der Waals surface area (Å²) in [5.41, 5.74) is -0.858. The Hall–Kier alpha value is -0.970. The lowest BCUT2D eigenvalue weighted by atomic mass is 9.80. The number of halogens is 5. The maximum absolute atomic E-state index is 13.7. The van der Waals surface area contributed by atoms with E-state index in [1.165, 1.54) is 0 Å². The third kappa shape index (κ3) is 4.25. The molecule has 1 aliphatic rings. The van der Waals surface area contributed by atoms with Gasteiger partial charge in [0.05, 0.1) is 11.3 Å². The summed E-state index contributed by atoms with van der Waals surface area (Å²) >= 11 is 5.93. The van der Waals surface area contributed by atoms with Gasteiger partial charge in [-0.1, -0.05) is 12.8 Å². The highest BCUT2D eigenvalue weighted by Crippen LogP contribution is 2.33. The van der Waals surface area contributed by atoms with E-state index in [4.69, 9.17) is 11.6 Å². The van der Waals surface area contributed by atoms with Gasteiger partial charge in [-0.25, -0.2) is 4.39 Å². The number of nitrogens with one attached hydrogen (secondary N) is 1. The monoisotopic (exact) mass is 323 g/mol. The first-order valence-electron chi connectivity index (χ1n) is 7.08. The zero-order chi connectivity index (χ0) is 15.5. The SMILES string of the molecule is Fc1cc(C(F)(F)F)ccc1NCC1CCCCC1CCl. The second-order valence-corrected chi connectivity index (χ2v) is 5.84. The molecule has 21 heavy (non-hydrogen) atoms. The van der Waals surface area contributed by atoms with Crippen LogP contribution in [0.2, 0.25) is 0 Å². The van der Waals surface area contributed by atoms with Crippen LogP contribution in [-0.2, 0) is 6.18 Å². The summed E-state index contributed by atoms with van der Waals surface area (Å²) in [6.07, 6.45) is -0.164. The molecule has 1 aliphatic carbocycles. The van der Waals surface area contributed by atoms with Crippen molar-refractivity contribution in [1.82, 2.24) is 0 Å². The molecule has 0 aromatic heterocycles. The van der Waals surface area contributed by atoms with Gasteiger partial charge in [-0.2, -0.15) is 13.2 Å². The number of rotatable bonds is 4. The van der Waals surface area contributed by atoms with Gasteiger partial charge in [0.15, 0.2) is 0 Å². The summed E-state index contributed by atoms with van der Waals surface area (Å²) < 4.78 is 51.1. The molecule has 0 bridgehead atoms. The number of benzene rings is 1. The Balaban J connectivity index is 2.00. The summed E-state index contributed by atoms with van der Waals surface area (Å²) in [6, 6.07) is 2.57. The van der Waals surface area contributed by atoms with Gasteiger partial charge in [-0.05, 0) is 42.9 Å². The maximum atomic E-state index is 13.7. The molecule has 1 saturated carbocycles. The van der Waals surface area contributed by atoms with Crippen LogP contribution in [0.5, 0.6) is 0 Å². The number of anilines is 1. The Kier molecular flexibility index (Phi) is 5.36. The van der Waals surface area contributed by atoms with Crippen LogP contribution in [0, 0.1) is 17.7 Å². The predicted octanol–water partition coefficient (Wildman–Crippen LogP) is 5.30. The van der Waals surface area contributed by atoms with Gasteiger partial charge in [-0.15, -0.1) is 11.6 Å². The molecule has 2 unspecified atom stereocenters. The molecule has 0 radical (unpaired) electrons. The van der Waals surface area contributed by atoms with Gasteiger partial charge in [0, 0.05) is 12.4 Å². The van der Waals surface area contributed by atoms with Crippen molar-refractivity contribution in [2.45, 2.75) is 31.9 Å². The lowest BCUT2D eigenvalue weighted by molar-refractivity contribution is -0.137. The zero-order valence-electron chi connectivity index (χ0n) is 11.5. The first-order valence-corrected chi connectivity index (χ1v) is 7.62. The van der Waals surface area contributed by atoms with Crippen molar-refractivity contribution in [1.29, 1.82) is 0 Å². The lowest BCUT2D eigenvalue weighted by Gasteiger charge is -2.30. The van der Waals surface area contributed by atoms with Crippen LogP contribution in [0.3, 0.4) is 0 Å².